The first-order valence-corrected chi connectivity index (χ1v) is 2.55. The largest absolute Gasteiger partial charge is 0.328 e. The van der Waals surface area contributed by atoms with Gasteiger partial charge in [-0.25, -0.2) is 5.43 Å². The number of hydrogen-bond donors (Lipinski definition) is 2. The molecule has 0 saturated carbocycles. The normalized spacial score (nSPS) is 26.8. The molecule has 3 heteroatoms. The van der Waals surface area contributed by atoms with Gasteiger partial charge in [0.25, 0.3) is 0 Å². The summed E-state index contributed by atoms with van der Waals surface area (Å²) in [5.74, 6) is 0. The zero-order chi connectivity index (χ0) is 5.82. The Morgan fingerprint density at radius 2 is 2.62 bits per heavy atom. The Morgan fingerprint density at radius 3 is 3.00 bits per heavy atom. The summed E-state index contributed by atoms with van der Waals surface area (Å²) in [5, 5.41) is 0. The average molecular weight is 112 g/mol. The molecule has 1 heterocycles. The van der Waals surface area contributed by atoms with Gasteiger partial charge in [0, 0.05) is 6.20 Å². The topological polar surface area (TPSA) is 41.1 Å². The molecule has 0 aliphatic carbocycles. The van der Waals surface area contributed by atoms with Crippen LogP contribution < -0.4 is 10.9 Å². The van der Waals surface area contributed by atoms with Crippen LogP contribution in [0.15, 0.2) is 12.3 Å². The summed E-state index contributed by atoms with van der Waals surface area (Å²) in [5.41, 5.74) is 5.49. The van der Waals surface area contributed by atoms with Crippen LogP contribution in [-0.2, 0) is 4.79 Å². The summed E-state index contributed by atoms with van der Waals surface area (Å²) in [7, 11) is 0. The highest BCUT2D eigenvalue weighted by atomic mass is 16.1. The minimum absolute atomic E-state index is 0.0417. The van der Waals surface area contributed by atoms with Gasteiger partial charge < -0.3 is 10.2 Å². The second-order valence-electron chi connectivity index (χ2n) is 1.67. The van der Waals surface area contributed by atoms with Crippen molar-refractivity contribution in [2.75, 3.05) is 0 Å². The van der Waals surface area contributed by atoms with Crippen molar-refractivity contribution in [3.63, 3.8) is 0 Å². The minimum Gasteiger partial charge on any atom is -0.328 e. The number of hydrazine groups is 1. The molecule has 1 atom stereocenters. The molecule has 0 radical (unpaired) electrons. The summed E-state index contributed by atoms with van der Waals surface area (Å²) in [6, 6.07) is -0.0417. The summed E-state index contributed by atoms with van der Waals surface area (Å²) < 4.78 is 0. The highest BCUT2D eigenvalue weighted by Crippen LogP contribution is 1.91. The molecule has 1 rings (SSSR count). The fourth-order valence-electron chi connectivity index (χ4n) is 0.577. The van der Waals surface area contributed by atoms with Gasteiger partial charge >= 0.3 is 0 Å². The first kappa shape index (κ1) is 5.31. The maximum absolute atomic E-state index is 10.0. The molecular weight excluding hydrogens is 104 g/mol. The monoisotopic (exact) mass is 112 g/mol. The molecule has 0 amide bonds. The molecule has 8 heavy (non-hydrogen) atoms. The predicted molar refractivity (Wildman–Crippen MR) is 29.9 cm³/mol. The third-order valence-corrected chi connectivity index (χ3v) is 1.02. The molecule has 1 aliphatic rings. The van der Waals surface area contributed by atoms with Gasteiger partial charge in [-0.05, 0) is 6.42 Å². The number of hydrogen-bond acceptors (Lipinski definition) is 3. The van der Waals surface area contributed by atoms with Crippen LogP contribution in [0.5, 0.6) is 0 Å². The minimum atomic E-state index is -0.0417. The number of rotatable bonds is 1. The molecule has 1 unspecified atom stereocenters. The molecule has 44 valence electrons. The van der Waals surface area contributed by atoms with E-state index in [1.165, 1.54) is 0 Å². The van der Waals surface area contributed by atoms with Gasteiger partial charge in [-0.3, -0.25) is 0 Å². The smallest absolute Gasteiger partial charge is 0.139 e. The van der Waals surface area contributed by atoms with Gasteiger partial charge in [0.15, 0.2) is 0 Å². The molecule has 0 aromatic rings. The third-order valence-electron chi connectivity index (χ3n) is 1.02. The van der Waals surface area contributed by atoms with Gasteiger partial charge in [-0.2, -0.15) is 0 Å². The van der Waals surface area contributed by atoms with Crippen molar-refractivity contribution >= 4 is 6.29 Å². The molecule has 0 aromatic carbocycles. The summed E-state index contributed by atoms with van der Waals surface area (Å²) in [4.78, 5) is 10.0. The van der Waals surface area contributed by atoms with E-state index in [9.17, 15) is 4.79 Å². The van der Waals surface area contributed by atoms with Gasteiger partial charge in [-0.1, -0.05) is 6.08 Å². The highest BCUT2D eigenvalue weighted by molar-refractivity contribution is 5.57. The van der Waals surface area contributed by atoms with Crippen LogP contribution >= 0.6 is 0 Å². The SMILES string of the molecule is O=CC1CC=CNN1. The lowest BCUT2D eigenvalue weighted by molar-refractivity contribution is -0.109. The number of carbonyl (C=O) groups excluding carboxylic acids is 1. The van der Waals surface area contributed by atoms with Crippen LogP contribution in [-0.4, -0.2) is 12.3 Å². The maximum atomic E-state index is 10.0. The lowest BCUT2D eigenvalue weighted by atomic mass is 10.2. The van der Waals surface area contributed by atoms with E-state index in [2.05, 4.69) is 10.9 Å². The zero-order valence-electron chi connectivity index (χ0n) is 4.42. The summed E-state index contributed by atoms with van der Waals surface area (Å²) in [6.45, 7) is 0. The first-order chi connectivity index (χ1) is 3.93. The Bertz CT molecular complexity index is 111. The summed E-state index contributed by atoms with van der Waals surface area (Å²) >= 11 is 0. The van der Waals surface area contributed by atoms with Crippen LogP contribution in [0.2, 0.25) is 0 Å². The van der Waals surface area contributed by atoms with Crippen molar-refractivity contribution < 1.29 is 4.79 Å². The Morgan fingerprint density at radius 1 is 1.75 bits per heavy atom. The number of carbonyl (C=O) groups is 1. The molecule has 0 bridgehead atoms. The Labute approximate surface area is 47.7 Å². The van der Waals surface area contributed by atoms with E-state index in [0.29, 0.717) is 0 Å². The Hall–Kier alpha value is -0.830. The standard InChI is InChI=1S/C5H8N2O/c8-4-5-2-1-3-6-7-5/h1,3-7H,2H2. The van der Waals surface area contributed by atoms with Gasteiger partial charge in [0.2, 0.25) is 0 Å². The number of nitrogens with one attached hydrogen (secondary N) is 2. The predicted octanol–water partition coefficient (Wildman–Crippen LogP) is -0.435. The Kier molecular flexibility index (Phi) is 1.64. The fourth-order valence-corrected chi connectivity index (χ4v) is 0.577. The van der Waals surface area contributed by atoms with E-state index in [-0.39, 0.29) is 6.04 Å². The highest BCUT2D eigenvalue weighted by Gasteiger charge is 2.04. The van der Waals surface area contributed by atoms with E-state index in [4.69, 9.17) is 0 Å². The molecule has 0 fully saturated rings. The van der Waals surface area contributed by atoms with Gasteiger partial charge in [0.05, 0.1) is 6.04 Å². The average Bonchev–Trinajstić information content (AvgIpc) is 1.90. The number of aldehydes is 1. The zero-order valence-corrected chi connectivity index (χ0v) is 4.42. The van der Waals surface area contributed by atoms with Crippen molar-refractivity contribution in [1.29, 1.82) is 0 Å². The van der Waals surface area contributed by atoms with Crippen molar-refractivity contribution in [1.82, 2.24) is 10.9 Å². The van der Waals surface area contributed by atoms with E-state index >= 15 is 0 Å². The van der Waals surface area contributed by atoms with Gasteiger partial charge in [-0.15, -0.1) is 0 Å². The molecule has 0 aromatic heterocycles. The second kappa shape index (κ2) is 2.47. The third kappa shape index (κ3) is 1.07. The van der Waals surface area contributed by atoms with E-state index in [1.54, 1.807) is 6.20 Å². The van der Waals surface area contributed by atoms with Crippen molar-refractivity contribution in [2.24, 2.45) is 0 Å². The van der Waals surface area contributed by atoms with Crippen molar-refractivity contribution in [3.05, 3.63) is 12.3 Å². The van der Waals surface area contributed by atoms with Crippen LogP contribution in [0.3, 0.4) is 0 Å². The van der Waals surface area contributed by atoms with Crippen LogP contribution in [0.4, 0.5) is 0 Å². The van der Waals surface area contributed by atoms with Gasteiger partial charge in [0.1, 0.15) is 6.29 Å². The second-order valence-corrected chi connectivity index (χ2v) is 1.67. The lowest BCUT2D eigenvalue weighted by Crippen LogP contribution is -2.40. The van der Waals surface area contributed by atoms with E-state index in [0.717, 1.165) is 12.7 Å². The molecular formula is C5H8N2O. The van der Waals surface area contributed by atoms with Crippen LogP contribution in [0, 0.1) is 0 Å². The molecule has 0 spiro atoms. The van der Waals surface area contributed by atoms with E-state index in [1.807, 2.05) is 6.08 Å². The van der Waals surface area contributed by atoms with Crippen molar-refractivity contribution in [2.45, 2.75) is 12.5 Å². The maximum Gasteiger partial charge on any atom is 0.139 e. The molecule has 3 nitrogen and oxygen atoms in total. The summed E-state index contributed by atoms with van der Waals surface area (Å²) in [6.07, 6.45) is 5.36. The molecule has 1 aliphatic heterocycles. The lowest BCUT2D eigenvalue weighted by Gasteiger charge is -2.13. The quantitative estimate of drug-likeness (QED) is 0.452. The fraction of sp³-hybridized carbons (Fsp3) is 0.400. The van der Waals surface area contributed by atoms with Crippen LogP contribution in [0.1, 0.15) is 6.42 Å². The van der Waals surface area contributed by atoms with Crippen LogP contribution in [0.25, 0.3) is 0 Å². The molecule has 2 N–H and O–H groups in total. The van der Waals surface area contributed by atoms with Crippen molar-refractivity contribution in [3.8, 4) is 0 Å². The van der Waals surface area contributed by atoms with E-state index < -0.39 is 0 Å². The molecule has 0 saturated heterocycles. The first-order valence-electron chi connectivity index (χ1n) is 2.55. The Balaban J connectivity index is 2.37.